The van der Waals surface area contributed by atoms with Crippen LogP contribution in [-0.4, -0.2) is 18.1 Å². The van der Waals surface area contributed by atoms with Crippen LogP contribution in [0.2, 0.25) is 0 Å². The lowest BCUT2D eigenvalue weighted by atomic mass is 9.99. The third-order valence-corrected chi connectivity index (χ3v) is 4.06. The van der Waals surface area contributed by atoms with Crippen LogP contribution in [0.4, 0.5) is 0 Å². The molecule has 3 heteroatoms. The van der Waals surface area contributed by atoms with Gasteiger partial charge in [-0.3, -0.25) is 0 Å². The normalized spacial score (nSPS) is 16.1. The van der Waals surface area contributed by atoms with E-state index in [-0.39, 0.29) is 0 Å². The number of hydrogen-bond donors (Lipinski definition) is 1. The first kappa shape index (κ1) is 10.00. The first-order chi connectivity index (χ1) is 7.84. The summed E-state index contributed by atoms with van der Waals surface area (Å²) in [6, 6.07) is 10.4. The summed E-state index contributed by atoms with van der Waals surface area (Å²) in [5.74, 6) is 0.633. The Balaban J connectivity index is 1.97. The Labute approximate surface area is 99.4 Å². The highest BCUT2D eigenvalue weighted by atomic mass is 32.1. The third-order valence-electron chi connectivity index (χ3n) is 3.02. The molecule has 0 radical (unpaired) electrons. The molecule has 1 N–H and O–H groups in total. The molecular weight excluding hydrogens is 216 g/mol. The fraction of sp³-hybridized carbons (Fsp3) is 0.308. The molecule has 1 aromatic carbocycles. The van der Waals surface area contributed by atoms with Gasteiger partial charge < -0.3 is 5.32 Å². The molecule has 82 valence electrons. The molecule has 0 amide bonds. The van der Waals surface area contributed by atoms with Gasteiger partial charge in [-0.1, -0.05) is 30.3 Å². The highest BCUT2D eigenvalue weighted by Gasteiger charge is 2.24. The molecule has 1 aliphatic heterocycles. The average molecular weight is 230 g/mol. The van der Waals surface area contributed by atoms with E-state index in [1.54, 1.807) is 11.3 Å². The largest absolute Gasteiger partial charge is 0.315 e. The Morgan fingerprint density at radius 1 is 1.25 bits per heavy atom. The minimum atomic E-state index is 0.633. The van der Waals surface area contributed by atoms with Crippen LogP contribution < -0.4 is 5.32 Å². The number of nitrogens with one attached hydrogen (secondary N) is 1. The van der Waals surface area contributed by atoms with Crippen molar-refractivity contribution in [2.45, 2.75) is 12.8 Å². The van der Waals surface area contributed by atoms with Gasteiger partial charge in [0, 0.05) is 29.4 Å². The summed E-state index contributed by atoms with van der Waals surface area (Å²) in [5, 5.41) is 4.45. The molecule has 1 aromatic heterocycles. The fourth-order valence-electron chi connectivity index (χ4n) is 1.97. The van der Waals surface area contributed by atoms with E-state index >= 15 is 0 Å². The van der Waals surface area contributed by atoms with Crippen molar-refractivity contribution in [1.82, 2.24) is 10.3 Å². The molecule has 0 atom stereocenters. The smallest absolute Gasteiger partial charge is 0.123 e. The minimum absolute atomic E-state index is 0.633. The fourth-order valence-corrected chi connectivity index (χ4v) is 2.98. The molecule has 2 nitrogen and oxygen atoms in total. The number of aryl methyl sites for hydroxylation is 1. The molecule has 1 saturated heterocycles. The van der Waals surface area contributed by atoms with Crippen LogP contribution in [0.3, 0.4) is 0 Å². The van der Waals surface area contributed by atoms with Gasteiger partial charge in [-0.15, -0.1) is 11.3 Å². The molecule has 1 aliphatic rings. The Kier molecular flexibility index (Phi) is 2.50. The monoisotopic (exact) mass is 230 g/mol. The minimum Gasteiger partial charge on any atom is -0.315 e. The van der Waals surface area contributed by atoms with Gasteiger partial charge in [-0.2, -0.15) is 0 Å². The van der Waals surface area contributed by atoms with Gasteiger partial charge in [0.25, 0.3) is 0 Å². The molecule has 2 heterocycles. The predicted molar refractivity (Wildman–Crippen MR) is 67.9 cm³/mol. The molecule has 1 fully saturated rings. The molecule has 0 aliphatic carbocycles. The summed E-state index contributed by atoms with van der Waals surface area (Å²) >= 11 is 1.81. The summed E-state index contributed by atoms with van der Waals surface area (Å²) in [7, 11) is 0. The number of aromatic nitrogens is 1. The number of thiazole rings is 1. The second-order valence-corrected chi connectivity index (χ2v) is 5.38. The maximum atomic E-state index is 4.78. The molecular formula is C13H14N2S. The molecule has 0 saturated carbocycles. The maximum Gasteiger partial charge on any atom is 0.123 e. The van der Waals surface area contributed by atoms with Crippen molar-refractivity contribution in [3.8, 4) is 10.6 Å². The number of nitrogens with zero attached hydrogens (tertiary/aromatic N) is 1. The van der Waals surface area contributed by atoms with E-state index in [0.717, 1.165) is 18.1 Å². The summed E-state index contributed by atoms with van der Waals surface area (Å²) in [6.45, 7) is 4.34. The van der Waals surface area contributed by atoms with Crippen LogP contribution in [0.1, 0.15) is 16.5 Å². The third kappa shape index (κ3) is 1.66. The average Bonchev–Trinajstić information content (AvgIpc) is 2.60. The van der Waals surface area contributed by atoms with Crippen molar-refractivity contribution in [2.75, 3.05) is 13.1 Å². The van der Waals surface area contributed by atoms with E-state index in [1.165, 1.54) is 16.1 Å². The van der Waals surface area contributed by atoms with E-state index < -0.39 is 0 Å². The Bertz CT molecular complexity index is 486. The highest BCUT2D eigenvalue weighted by molar-refractivity contribution is 7.15. The van der Waals surface area contributed by atoms with Crippen LogP contribution in [0, 0.1) is 6.92 Å². The standard InChI is InChI=1S/C13H14N2S/c1-9-12(11-7-14-8-11)15-13(16-9)10-5-3-2-4-6-10/h2-6,11,14H,7-8H2,1H3. The zero-order valence-corrected chi connectivity index (χ0v) is 10.1. The molecule has 2 aromatic rings. The second kappa shape index (κ2) is 4.00. The quantitative estimate of drug-likeness (QED) is 0.858. The van der Waals surface area contributed by atoms with Crippen LogP contribution in [0.25, 0.3) is 10.6 Å². The molecule has 3 rings (SSSR count). The van der Waals surface area contributed by atoms with E-state index in [9.17, 15) is 0 Å². The van der Waals surface area contributed by atoms with Crippen LogP contribution in [0.15, 0.2) is 30.3 Å². The van der Waals surface area contributed by atoms with Gasteiger partial charge in [0.1, 0.15) is 5.01 Å². The van der Waals surface area contributed by atoms with Crippen LogP contribution in [-0.2, 0) is 0 Å². The maximum absolute atomic E-state index is 4.78. The first-order valence-corrected chi connectivity index (χ1v) is 6.39. The highest BCUT2D eigenvalue weighted by Crippen LogP contribution is 2.32. The Morgan fingerprint density at radius 2 is 2.00 bits per heavy atom. The van der Waals surface area contributed by atoms with E-state index in [1.807, 2.05) is 6.07 Å². The first-order valence-electron chi connectivity index (χ1n) is 5.58. The summed E-state index contributed by atoms with van der Waals surface area (Å²) in [4.78, 5) is 6.15. The van der Waals surface area contributed by atoms with Crippen molar-refractivity contribution < 1.29 is 0 Å². The van der Waals surface area contributed by atoms with Gasteiger partial charge in [0.2, 0.25) is 0 Å². The summed E-state index contributed by atoms with van der Waals surface area (Å²) in [6.07, 6.45) is 0. The molecule has 0 spiro atoms. The molecule has 16 heavy (non-hydrogen) atoms. The van der Waals surface area contributed by atoms with Gasteiger partial charge in [0.05, 0.1) is 5.69 Å². The van der Waals surface area contributed by atoms with Crippen molar-refractivity contribution in [3.63, 3.8) is 0 Å². The Hall–Kier alpha value is -1.19. The van der Waals surface area contributed by atoms with E-state index in [4.69, 9.17) is 4.98 Å². The Morgan fingerprint density at radius 3 is 2.62 bits per heavy atom. The molecule has 0 unspecified atom stereocenters. The lowest BCUT2D eigenvalue weighted by Gasteiger charge is -2.25. The summed E-state index contributed by atoms with van der Waals surface area (Å²) < 4.78 is 0. The van der Waals surface area contributed by atoms with E-state index in [0.29, 0.717) is 5.92 Å². The second-order valence-electron chi connectivity index (χ2n) is 4.18. The zero-order chi connectivity index (χ0) is 11.0. The lowest BCUT2D eigenvalue weighted by Crippen LogP contribution is -2.40. The van der Waals surface area contributed by atoms with Gasteiger partial charge in [-0.05, 0) is 6.92 Å². The van der Waals surface area contributed by atoms with E-state index in [2.05, 4.69) is 36.5 Å². The topological polar surface area (TPSA) is 24.9 Å². The van der Waals surface area contributed by atoms with Gasteiger partial charge in [-0.25, -0.2) is 4.98 Å². The van der Waals surface area contributed by atoms with Crippen LogP contribution >= 0.6 is 11.3 Å². The number of rotatable bonds is 2. The van der Waals surface area contributed by atoms with Crippen molar-refractivity contribution in [1.29, 1.82) is 0 Å². The predicted octanol–water partition coefficient (Wildman–Crippen LogP) is 2.81. The lowest BCUT2D eigenvalue weighted by molar-refractivity contribution is 0.440. The zero-order valence-electron chi connectivity index (χ0n) is 9.23. The van der Waals surface area contributed by atoms with Crippen molar-refractivity contribution in [3.05, 3.63) is 40.9 Å². The van der Waals surface area contributed by atoms with Crippen molar-refractivity contribution in [2.24, 2.45) is 0 Å². The SMILES string of the molecule is Cc1sc(-c2ccccc2)nc1C1CNC1. The number of hydrogen-bond acceptors (Lipinski definition) is 3. The van der Waals surface area contributed by atoms with Gasteiger partial charge in [0.15, 0.2) is 0 Å². The summed E-state index contributed by atoms with van der Waals surface area (Å²) in [5.41, 5.74) is 2.52. The van der Waals surface area contributed by atoms with Crippen molar-refractivity contribution >= 4 is 11.3 Å². The number of benzene rings is 1. The van der Waals surface area contributed by atoms with Gasteiger partial charge >= 0.3 is 0 Å². The molecule has 0 bridgehead atoms. The van der Waals surface area contributed by atoms with Crippen LogP contribution in [0.5, 0.6) is 0 Å².